The molecule has 1 aliphatic rings. The fourth-order valence-corrected chi connectivity index (χ4v) is 3.26. The van der Waals surface area contributed by atoms with Gasteiger partial charge in [-0.15, -0.1) is 0 Å². The highest BCUT2D eigenvalue weighted by atomic mass is 79.9. The minimum Gasteiger partial charge on any atom is -0.481 e. The van der Waals surface area contributed by atoms with E-state index in [1.54, 1.807) is 6.92 Å². The molecule has 2 aromatic carbocycles. The van der Waals surface area contributed by atoms with E-state index in [1.165, 1.54) is 5.69 Å². The maximum atomic E-state index is 12.3. The molecule has 1 heterocycles. The number of anilines is 1. The van der Waals surface area contributed by atoms with E-state index in [1.807, 2.05) is 24.3 Å². The van der Waals surface area contributed by atoms with Crippen molar-refractivity contribution in [1.29, 1.82) is 0 Å². The van der Waals surface area contributed by atoms with Gasteiger partial charge in [-0.3, -0.25) is 4.79 Å². The number of likely N-dealkylation sites (N-methyl/N-ethyl adjacent to an activating group) is 1. The molecule has 0 aromatic heterocycles. The number of nitrogens with one attached hydrogen (secondary N) is 1. The number of amides is 1. The van der Waals surface area contributed by atoms with Gasteiger partial charge in [0.05, 0.1) is 0 Å². The Balaban J connectivity index is 1.47. The number of piperazine rings is 1. The quantitative estimate of drug-likeness (QED) is 0.761. The molecule has 1 saturated heterocycles. The molecule has 1 atom stereocenters. The fourth-order valence-electron chi connectivity index (χ4n) is 2.99. The molecular weight excluding hydrogens is 406 g/mol. The van der Waals surface area contributed by atoms with Crippen molar-refractivity contribution >= 4 is 27.5 Å². The van der Waals surface area contributed by atoms with Crippen LogP contribution in [0.15, 0.2) is 53.0 Å². The van der Waals surface area contributed by atoms with Gasteiger partial charge >= 0.3 is 0 Å². The van der Waals surface area contributed by atoms with Crippen LogP contribution >= 0.6 is 15.9 Å². The van der Waals surface area contributed by atoms with Crippen molar-refractivity contribution in [2.45, 2.75) is 19.6 Å². The van der Waals surface area contributed by atoms with Gasteiger partial charge in [0.1, 0.15) is 5.75 Å². The smallest absolute Gasteiger partial charge is 0.261 e. The molecule has 0 saturated carbocycles. The predicted molar refractivity (Wildman–Crippen MR) is 112 cm³/mol. The third-order valence-corrected chi connectivity index (χ3v) is 5.30. The molecule has 1 amide bonds. The Bertz CT molecular complexity index is 741. The van der Waals surface area contributed by atoms with Crippen LogP contribution in [0, 0.1) is 0 Å². The lowest BCUT2D eigenvalue weighted by Crippen LogP contribution is -2.44. The Kier molecular flexibility index (Phi) is 6.74. The lowest BCUT2D eigenvalue weighted by atomic mass is 10.1. The number of carbonyl (C=O) groups is 1. The van der Waals surface area contributed by atoms with Crippen LogP contribution in [0.4, 0.5) is 5.69 Å². The predicted octanol–water partition coefficient (Wildman–Crippen LogP) is 3.28. The average molecular weight is 432 g/mol. The zero-order chi connectivity index (χ0) is 19.2. The van der Waals surface area contributed by atoms with E-state index < -0.39 is 6.10 Å². The number of hydrogen-bond acceptors (Lipinski definition) is 4. The first kappa shape index (κ1) is 19.7. The lowest BCUT2D eigenvalue weighted by molar-refractivity contribution is -0.127. The molecule has 27 heavy (non-hydrogen) atoms. The zero-order valence-electron chi connectivity index (χ0n) is 15.8. The second kappa shape index (κ2) is 9.24. The number of rotatable bonds is 6. The molecule has 1 aliphatic heterocycles. The van der Waals surface area contributed by atoms with Crippen molar-refractivity contribution in [2.24, 2.45) is 0 Å². The van der Waals surface area contributed by atoms with Gasteiger partial charge in [0.25, 0.3) is 5.91 Å². The van der Waals surface area contributed by atoms with Crippen molar-refractivity contribution in [3.63, 3.8) is 0 Å². The first-order chi connectivity index (χ1) is 13.0. The minimum absolute atomic E-state index is 0.124. The molecule has 0 aliphatic carbocycles. The highest BCUT2D eigenvalue weighted by Crippen LogP contribution is 2.18. The minimum atomic E-state index is -0.546. The first-order valence-corrected chi connectivity index (χ1v) is 10.0. The maximum Gasteiger partial charge on any atom is 0.261 e. The Morgan fingerprint density at radius 1 is 1.07 bits per heavy atom. The van der Waals surface area contributed by atoms with Gasteiger partial charge in [-0.1, -0.05) is 28.1 Å². The molecule has 1 N–H and O–H groups in total. The van der Waals surface area contributed by atoms with Gasteiger partial charge in [-0.05, 0) is 55.9 Å². The van der Waals surface area contributed by atoms with E-state index in [-0.39, 0.29) is 5.91 Å². The number of hydrogen-bond donors (Lipinski definition) is 1. The molecule has 2 aromatic rings. The van der Waals surface area contributed by atoms with Crippen LogP contribution in [0.25, 0.3) is 0 Å². The monoisotopic (exact) mass is 431 g/mol. The first-order valence-electron chi connectivity index (χ1n) is 9.23. The van der Waals surface area contributed by atoms with E-state index in [9.17, 15) is 4.79 Å². The number of benzene rings is 2. The maximum absolute atomic E-state index is 12.3. The number of ether oxygens (including phenoxy) is 1. The van der Waals surface area contributed by atoms with Crippen LogP contribution in [0.3, 0.4) is 0 Å². The summed E-state index contributed by atoms with van der Waals surface area (Å²) in [7, 11) is 2.16. The van der Waals surface area contributed by atoms with Gasteiger partial charge in [-0.25, -0.2) is 0 Å². The topological polar surface area (TPSA) is 44.8 Å². The van der Waals surface area contributed by atoms with E-state index in [0.29, 0.717) is 12.3 Å². The normalized spacial score (nSPS) is 16.0. The van der Waals surface area contributed by atoms with Gasteiger partial charge < -0.3 is 19.9 Å². The molecule has 0 bridgehead atoms. The lowest BCUT2D eigenvalue weighted by Gasteiger charge is -2.34. The summed E-state index contributed by atoms with van der Waals surface area (Å²) in [5.41, 5.74) is 2.32. The summed E-state index contributed by atoms with van der Waals surface area (Å²) < 4.78 is 6.66. The summed E-state index contributed by atoms with van der Waals surface area (Å²) in [6, 6.07) is 15.9. The van der Waals surface area contributed by atoms with Crippen LogP contribution in [0.5, 0.6) is 5.75 Å². The van der Waals surface area contributed by atoms with Crippen LogP contribution in [0.2, 0.25) is 0 Å². The summed E-state index contributed by atoms with van der Waals surface area (Å²) in [4.78, 5) is 17.0. The van der Waals surface area contributed by atoms with Gasteiger partial charge in [0.2, 0.25) is 0 Å². The molecule has 144 valence electrons. The highest BCUT2D eigenvalue weighted by molar-refractivity contribution is 9.10. The molecule has 1 unspecified atom stereocenters. The molecular formula is C21H26BrN3O2. The molecule has 3 rings (SSSR count). The van der Waals surface area contributed by atoms with Crippen molar-refractivity contribution < 1.29 is 9.53 Å². The number of carbonyl (C=O) groups excluding carboxylic acids is 1. The molecule has 0 radical (unpaired) electrons. The summed E-state index contributed by atoms with van der Waals surface area (Å²) in [5, 5.41) is 2.94. The van der Waals surface area contributed by atoms with E-state index in [2.05, 4.69) is 62.4 Å². The fraction of sp³-hybridized carbons (Fsp3) is 0.381. The van der Waals surface area contributed by atoms with E-state index >= 15 is 0 Å². The molecule has 5 nitrogen and oxygen atoms in total. The SMILES string of the molecule is CC(Oc1ccc(Br)cc1)C(=O)NCc1ccc(N2CCN(C)CC2)cc1. The number of nitrogens with zero attached hydrogens (tertiary/aromatic N) is 2. The molecule has 1 fully saturated rings. The van der Waals surface area contributed by atoms with Crippen LogP contribution in [-0.4, -0.2) is 50.1 Å². The summed E-state index contributed by atoms with van der Waals surface area (Å²) in [6.45, 7) is 6.54. The molecule has 0 spiro atoms. The highest BCUT2D eigenvalue weighted by Gasteiger charge is 2.15. The van der Waals surface area contributed by atoms with Crippen LogP contribution in [-0.2, 0) is 11.3 Å². The third kappa shape index (κ3) is 5.71. The van der Waals surface area contributed by atoms with Crippen LogP contribution < -0.4 is 15.0 Å². The van der Waals surface area contributed by atoms with E-state index in [0.717, 1.165) is 36.2 Å². The van der Waals surface area contributed by atoms with Gasteiger partial charge in [0.15, 0.2) is 6.10 Å². The van der Waals surface area contributed by atoms with Crippen LogP contribution in [0.1, 0.15) is 12.5 Å². The van der Waals surface area contributed by atoms with Crippen molar-refractivity contribution in [2.75, 3.05) is 38.1 Å². The summed E-state index contributed by atoms with van der Waals surface area (Å²) in [5.74, 6) is 0.554. The summed E-state index contributed by atoms with van der Waals surface area (Å²) in [6.07, 6.45) is -0.546. The third-order valence-electron chi connectivity index (χ3n) is 4.77. The molecule has 6 heteroatoms. The number of halogens is 1. The summed E-state index contributed by atoms with van der Waals surface area (Å²) >= 11 is 3.38. The average Bonchev–Trinajstić information content (AvgIpc) is 2.69. The second-order valence-corrected chi connectivity index (χ2v) is 7.80. The standard InChI is InChI=1S/C21H26BrN3O2/c1-16(27-20-9-5-18(22)6-10-20)21(26)23-15-17-3-7-19(8-4-17)25-13-11-24(2)12-14-25/h3-10,16H,11-15H2,1-2H3,(H,23,26). The van der Waals surface area contributed by atoms with Gasteiger partial charge in [-0.2, -0.15) is 0 Å². The Hall–Kier alpha value is -2.05. The van der Waals surface area contributed by atoms with E-state index in [4.69, 9.17) is 4.74 Å². The zero-order valence-corrected chi connectivity index (χ0v) is 17.4. The van der Waals surface area contributed by atoms with Gasteiger partial charge in [0, 0.05) is 42.9 Å². The van der Waals surface area contributed by atoms with Crippen molar-refractivity contribution in [3.8, 4) is 5.75 Å². The Labute approximate surface area is 169 Å². The second-order valence-electron chi connectivity index (χ2n) is 6.89. The Morgan fingerprint density at radius 3 is 2.33 bits per heavy atom. The van der Waals surface area contributed by atoms with Crippen molar-refractivity contribution in [1.82, 2.24) is 10.2 Å². The van der Waals surface area contributed by atoms with Crippen molar-refractivity contribution in [3.05, 3.63) is 58.6 Å². The Morgan fingerprint density at radius 2 is 1.70 bits per heavy atom. The largest absolute Gasteiger partial charge is 0.481 e.